The molecule has 0 amide bonds. The summed E-state index contributed by atoms with van der Waals surface area (Å²) in [6.07, 6.45) is 4.65. The lowest BCUT2D eigenvalue weighted by molar-refractivity contribution is -0.137. The zero-order valence-electron chi connectivity index (χ0n) is 10.3. The van der Waals surface area contributed by atoms with Crippen LogP contribution in [0, 0.1) is 0 Å². The lowest BCUT2D eigenvalue weighted by Crippen LogP contribution is -2.39. The molecule has 1 aromatic rings. The highest BCUT2D eigenvalue weighted by Crippen LogP contribution is 2.27. The van der Waals surface area contributed by atoms with Crippen LogP contribution in [0.15, 0.2) is 15.2 Å². The molecule has 1 unspecified atom stereocenters. The standard InChI is InChI=1S/C13H18BrNO2S/c14-12-9-18-8-10(12)7-15-6-2-1-3-11(15)4-5-13(16)17/h8-9,11H,1-7H2,(H,16,17). The summed E-state index contributed by atoms with van der Waals surface area (Å²) >= 11 is 5.27. The first-order valence-corrected chi connectivity index (χ1v) is 8.07. The molecule has 18 heavy (non-hydrogen) atoms. The molecule has 1 fully saturated rings. The Morgan fingerprint density at radius 3 is 3.00 bits per heavy atom. The van der Waals surface area contributed by atoms with Crippen molar-refractivity contribution in [2.45, 2.75) is 44.7 Å². The number of carboxylic acids is 1. The van der Waals surface area contributed by atoms with Gasteiger partial charge in [0.1, 0.15) is 0 Å². The van der Waals surface area contributed by atoms with Gasteiger partial charge in [0.15, 0.2) is 0 Å². The maximum atomic E-state index is 10.7. The number of carboxylic acid groups (broad SMARTS) is 1. The lowest BCUT2D eigenvalue weighted by Gasteiger charge is -2.35. The van der Waals surface area contributed by atoms with Crippen LogP contribution in [0.4, 0.5) is 0 Å². The van der Waals surface area contributed by atoms with Gasteiger partial charge in [0.2, 0.25) is 0 Å². The van der Waals surface area contributed by atoms with Crippen molar-refractivity contribution in [3.63, 3.8) is 0 Å². The van der Waals surface area contributed by atoms with Gasteiger partial charge in [-0.2, -0.15) is 11.3 Å². The zero-order valence-corrected chi connectivity index (χ0v) is 12.7. The Morgan fingerprint density at radius 1 is 1.50 bits per heavy atom. The summed E-state index contributed by atoms with van der Waals surface area (Å²) in [5.41, 5.74) is 1.32. The zero-order chi connectivity index (χ0) is 13.0. The summed E-state index contributed by atoms with van der Waals surface area (Å²) in [5.74, 6) is -0.683. The van der Waals surface area contributed by atoms with Crippen molar-refractivity contribution in [2.24, 2.45) is 0 Å². The number of thiophene rings is 1. The monoisotopic (exact) mass is 331 g/mol. The molecule has 0 aromatic carbocycles. The van der Waals surface area contributed by atoms with E-state index in [9.17, 15) is 4.79 Å². The second-order valence-electron chi connectivity index (χ2n) is 4.80. The summed E-state index contributed by atoms with van der Waals surface area (Å²) in [4.78, 5) is 13.1. The van der Waals surface area contributed by atoms with Crippen molar-refractivity contribution in [3.8, 4) is 0 Å². The molecule has 1 aliphatic heterocycles. The fraction of sp³-hybridized carbons (Fsp3) is 0.615. The Bertz CT molecular complexity index is 407. The van der Waals surface area contributed by atoms with Gasteiger partial charge in [0.25, 0.3) is 0 Å². The van der Waals surface area contributed by atoms with Gasteiger partial charge in [0.05, 0.1) is 0 Å². The molecule has 100 valence electrons. The van der Waals surface area contributed by atoms with Gasteiger partial charge in [0, 0.05) is 28.9 Å². The Hall–Kier alpha value is -0.390. The Balaban J connectivity index is 1.95. The highest BCUT2D eigenvalue weighted by molar-refractivity contribution is 9.10. The molecule has 0 bridgehead atoms. The number of halogens is 1. The maximum Gasteiger partial charge on any atom is 0.303 e. The molecule has 1 atom stereocenters. The van der Waals surface area contributed by atoms with Crippen LogP contribution >= 0.6 is 27.3 Å². The molecule has 3 nitrogen and oxygen atoms in total. The van der Waals surface area contributed by atoms with Crippen LogP contribution < -0.4 is 0 Å². The molecule has 0 saturated carbocycles. The van der Waals surface area contributed by atoms with Crippen LogP contribution in [0.5, 0.6) is 0 Å². The van der Waals surface area contributed by atoms with Gasteiger partial charge in [-0.3, -0.25) is 9.69 Å². The van der Waals surface area contributed by atoms with Crippen LogP contribution in [0.3, 0.4) is 0 Å². The molecule has 2 rings (SSSR count). The average molecular weight is 332 g/mol. The van der Waals surface area contributed by atoms with Crippen molar-refractivity contribution in [2.75, 3.05) is 6.54 Å². The maximum absolute atomic E-state index is 10.7. The van der Waals surface area contributed by atoms with E-state index in [-0.39, 0.29) is 6.42 Å². The van der Waals surface area contributed by atoms with Crippen LogP contribution in [0.25, 0.3) is 0 Å². The number of rotatable bonds is 5. The van der Waals surface area contributed by atoms with Crippen molar-refractivity contribution >= 4 is 33.2 Å². The third-order valence-corrected chi connectivity index (χ3v) is 5.34. The molecule has 0 aliphatic carbocycles. The quantitative estimate of drug-likeness (QED) is 0.893. The Labute approximate surface area is 120 Å². The van der Waals surface area contributed by atoms with E-state index in [0.29, 0.717) is 6.04 Å². The van der Waals surface area contributed by atoms with Gasteiger partial charge in [-0.05, 0) is 52.7 Å². The number of nitrogens with zero attached hydrogens (tertiary/aromatic N) is 1. The van der Waals surface area contributed by atoms with Gasteiger partial charge in [-0.15, -0.1) is 0 Å². The molecule has 5 heteroatoms. The molecule has 0 spiro atoms. The first-order valence-electron chi connectivity index (χ1n) is 6.33. The Kier molecular flexibility index (Phi) is 5.21. The molecule has 1 N–H and O–H groups in total. The molecule has 1 saturated heterocycles. The summed E-state index contributed by atoms with van der Waals surface area (Å²) in [6.45, 7) is 2.03. The molecule has 2 heterocycles. The van der Waals surface area contributed by atoms with E-state index in [1.54, 1.807) is 11.3 Å². The van der Waals surface area contributed by atoms with Gasteiger partial charge in [-0.25, -0.2) is 0 Å². The normalized spacial score (nSPS) is 21.1. The minimum atomic E-state index is -0.683. The molecule has 1 aromatic heterocycles. The van der Waals surface area contributed by atoms with E-state index in [2.05, 4.69) is 31.6 Å². The van der Waals surface area contributed by atoms with E-state index in [0.717, 1.165) is 25.9 Å². The summed E-state index contributed by atoms with van der Waals surface area (Å²) in [7, 11) is 0. The number of carbonyl (C=O) groups is 1. The first-order chi connectivity index (χ1) is 8.66. The van der Waals surface area contributed by atoms with Gasteiger partial charge < -0.3 is 5.11 Å². The number of piperidine rings is 1. The molecule has 1 aliphatic rings. The molecular formula is C13H18BrNO2S. The van der Waals surface area contributed by atoms with Crippen molar-refractivity contribution in [3.05, 3.63) is 20.8 Å². The van der Waals surface area contributed by atoms with Crippen molar-refractivity contribution in [1.82, 2.24) is 4.90 Å². The van der Waals surface area contributed by atoms with Gasteiger partial charge in [-0.1, -0.05) is 6.42 Å². The third kappa shape index (κ3) is 3.80. The number of hydrogen-bond donors (Lipinski definition) is 1. The predicted molar refractivity (Wildman–Crippen MR) is 76.9 cm³/mol. The largest absolute Gasteiger partial charge is 0.481 e. The van der Waals surface area contributed by atoms with Gasteiger partial charge >= 0.3 is 5.97 Å². The van der Waals surface area contributed by atoms with Crippen LogP contribution in [0.1, 0.15) is 37.7 Å². The average Bonchev–Trinajstić information content (AvgIpc) is 2.74. The van der Waals surface area contributed by atoms with Crippen LogP contribution in [-0.4, -0.2) is 28.6 Å². The minimum absolute atomic E-state index is 0.284. The fourth-order valence-corrected chi connectivity index (χ4v) is 3.94. The van der Waals surface area contributed by atoms with Crippen molar-refractivity contribution in [1.29, 1.82) is 0 Å². The van der Waals surface area contributed by atoms with E-state index in [4.69, 9.17) is 5.11 Å². The highest BCUT2D eigenvalue weighted by Gasteiger charge is 2.23. The summed E-state index contributed by atoms with van der Waals surface area (Å²) < 4.78 is 1.18. The highest BCUT2D eigenvalue weighted by atomic mass is 79.9. The number of hydrogen-bond acceptors (Lipinski definition) is 3. The summed E-state index contributed by atoms with van der Waals surface area (Å²) in [6, 6.07) is 0.432. The fourth-order valence-electron chi connectivity index (χ4n) is 2.52. The van der Waals surface area contributed by atoms with E-state index in [1.165, 1.54) is 22.9 Å². The third-order valence-electron chi connectivity index (χ3n) is 3.50. The number of aliphatic carboxylic acids is 1. The van der Waals surface area contributed by atoms with Crippen LogP contribution in [0.2, 0.25) is 0 Å². The predicted octanol–water partition coefficient (Wildman–Crippen LogP) is 3.73. The number of likely N-dealkylation sites (tertiary alicyclic amines) is 1. The topological polar surface area (TPSA) is 40.5 Å². The molecular weight excluding hydrogens is 314 g/mol. The summed E-state index contributed by atoms with van der Waals surface area (Å²) in [5, 5.41) is 13.1. The van der Waals surface area contributed by atoms with Crippen LogP contribution in [-0.2, 0) is 11.3 Å². The SMILES string of the molecule is O=C(O)CCC1CCCCN1Cc1cscc1Br. The first kappa shape index (κ1) is 14.0. The van der Waals surface area contributed by atoms with E-state index < -0.39 is 5.97 Å². The van der Waals surface area contributed by atoms with E-state index in [1.807, 2.05) is 0 Å². The smallest absolute Gasteiger partial charge is 0.303 e. The second kappa shape index (κ2) is 6.68. The minimum Gasteiger partial charge on any atom is -0.481 e. The Morgan fingerprint density at radius 2 is 2.33 bits per heavy atom. The lowest BCUT2D eigenvalue weighted by atomic mass is 9.97. The van der Waals surface area contributed by atoms with Crippen molar-refractivity contribution < 1.29 is 9.90 Å². The molecule has 0 radical (unpaired) electrons. The second-order valence-corrected chi connectivity index (χ2v) is 6.40. The van der Waals surface area contributed by atoms with E-state index >= 15 is 0 Å².